The summed E-state index contributed by atoms with van der Waals surface area (Å²) in [5.41, 5.74) is 0.248. The molecule has 1 amide bonds. The number of hydrogen-bond acceptors (Lipinski definition) is 6. The summed E-state index contributed by atoms with van der Waals surface area (Å²) in [6.45, 7) is 2.58. The highest BCUT2D eigenvalue weighted by molar-refractivity contribution is 5.81. The molecule has 2 aromatic heterocycles. The summed E-state index contributed by atoms with van der Waals surface area (Å²) >= 11 is 0. The van der Waals surface area contributed by atoms with Gasteiger partial charge in [-0.3, -0.25) is 4.79 Å². The van der Waals surface area contributed by atoms with Gasteiger partial charge in [0.1, 0.15) is 6.07 Å². The Kier molecular flexibility index (Phi) is 3.30. The van der Waals surface area contributed by atoms with Gasteiger partial charge in [0.15, 0.2) is 5.76 Å². The summed E-state index contributed by atoms with van der Waals surface area (Å²) < 4.78 is 11.0. The number of carbonyl (C=O) groups is 1. The number of nitrogens with zero attached hydrogens (tertiary/aromatic N) is 4. The smallest absolute Gasteiger partial charge is 0.266 e. The average molecular weight is 312 g/mol. The summed E-state index contributed by atoms with van der Waals surface area (Å²) in [6, 6.07) is 5.55. The van der Waals surface area contributed by atoms with Crippen LogP contribution in [-0.2, 0) is 4.79 Å². The highest BCUT2D eigenvalue weighted by Crippen LogP contribution is 2.32. The predicted octanol–water partition coefficient (Wildman–Crippen LogP) is 1.86. The lowest BCUT2D eigenvalue weighted by molar-refractivity contribution is -0.132. The second-order valence-electron chi connectivity index (χ2n) is 5.85. The van der Waals surface area contributed by atoms with E-state index >= 15 is 0 Å². The van der Waals surface area contributed by atoms with E-state index in [9.17, 15) is 10.1 Å². The summed E-state index contributed by atoms with van der Waals surface area (Å²) in [6.07, 6.45) is 3.58. The maximum absolute atomic E-state index is 12.1. The Morgan fingerprint density at radius 2 is 2.09 bits per heavy atom. The molecule has 4 rings (SSSR count). The molecule has 2 fully saturated rings. The second-order valence-corrected chi connectivity index (χ2v) is 5.85. The molecule has 1 saturated carbocycles. The van der Waals surface area contributed by atoms with Crippen molar-refractivity contribution < 1.29 is 13.6 Å². The number of hydrogen-bond donors (Lipinski definition) is 0. The first-order valence-corrected chi connectivity index (χ1v) is 7.75. The lowest BCUT2D eigenvalue weighted by Gasteiger charge is -2.34. The molecule has 0 spiro atoms. The van der Waals surface area contributed by atoms with Crippen LogP contribution in [0.15, 0.2) is 27.2 Å². The first-order chi connectivity index (χ1) is 11.3. The van der Waals surface area contributed by atoms with Gasteiger partial charge in [0.05, 0.1) is 6.26 Å². The van der Waals surface area contributed by atoms with E-state index in [1.165, 1.54) is 6.26 Å². The summed E-state index contributed by atoms with van der Waals surface area (Å²) in [5.74, 6) is 1.76. The fourth-order valence-corrected chi connectivity index (χ4v) is 2.82. The Morgan fingerprint density at radius 3 is 2.70 bits per heavy atom. The van der Waals surface area contributed by atoms with Gasteiger partial charge in [-0.05, 0) is 25.0 Å². The topological polar surface area (TPSA) is 86.5 Å². The van der Waals surface area contributed by atoms with Crippen LogP contribution in [0.2, 0.25) is 0 Å². The molecule has 7 heteroatoms. The van der Waals surface area contributed by atoms with Crippen molar-refractivity contribution in [2.75, 3.05) is 31.1 Å². The van der Waals surface area contributed by atoms with E-state index in [0.29, 0.717) is 43.7 Å². The van der Waals surface area contributed by atoms with Crippen LogP contribution in [0.4, 0.5) is 5.88 Å². The van der Waals surface area contributed by atoms with Gasteiger partial charge in [0.25, 0.3) is 5.89 Å². The normalized spacial score (nSPS) is 18.0. The van der Waals surface area contributed by atoms with Gasteiger partial charge in [0.2, 0.25) is 17.5 Å². The number of amides is 1. The first kappa shape index (κ1) is 13.9. The quantitative estimate of drug-likeness (QED) is 0.860. The molecule has 0 unspecified atom stereocenters. The second kappa shape index (κ2) is 5.47. The van der Waals surface area contributed by atoms with E-state index in [1.54, 1.807) is 12.1 Å². The fourth-order valence-electron chi connectivity index (χ4n) is 2.82. The molecule has 3 heterocycles. The lowest BCUT2D eigenvalue weighted by Crippen LogP contribution is -2.49. The minimum atomic E-state index is 0.243. The van der Waals surface area contributed by atoms with Crippen molar-refractivity contribution >= 4 is 11.8 Å². The number of furan rings is 1. The van der Waals surface area contributed by atoms with Crippen LogP contribution in [-0.4, -0.2) is 42.0 Å². The van der Waals surface area contributed by atoms with Crippen LogP contribution < -0.4 is 4.90 Å². The molecule has 0 N–H and O–H groups in total. The van der Waals surface area contributed by atoms with Gasteiger partial charge in [-0.2, -0.15) is 10.2 Å². The molecule has 118 valence electrons. The third-order valence-electron chi connectivity index (χ3n) is 4.25. The molecule has 0 aromatic carbocycles. The minimum Gasteiger partial charge on any atom is -0.459 e. The first-order valence-electron chi connectivity index (χ1n) is 7.75. The van der Waals surface area contributed by atoms with Crippen LogP contribution in [0.25, 0.3) is 11.7 Å². The predicted molar refractivity (Wildman–Crippen MR) is 80.4 cm³/mol. The van der Waals surface area contributed by atoms with Crippen molar-refractivity contribution in [2.24, 2.45) is 5.92 Å². The molecule has 0 bridgehead atoms. The van der Waals surface area contributed by atoms with Gasteiger partial charge in [-0.25, -0.2) is 0 Å². The Hall–Kier alpha value is -2.75. The Balaban J connectivity index is 1.50. The van der Waals surface area contributed by atoms with Crippen molar-refractivity contribution in [3.8, 4) is 17.7 Å². The molecule has 1 aliphatic carbocycles. The largest absolute Gasteiger partial charge is 0.459 e. The van der Waals surface area contributed by atoms with Crippen LogP contribution in [0.5, 0.6) is 0 Å². The van der Waals surface area contributed by atoms with Crippen LogP contribution in [0.1, 0.15) is 18.5 Å². The molecule has 2 aliphatic rings. The summed E-state index contributed by atoms with van der Waals surface area (Å²) in [7, 11) is 0. The van der Waals surface area contributed by atoms with Gasteiger partial charge < -0.3 is 18.6 Å². The molecule has 1 aliphatic heterocycles. The number of piperazine rings is 1. The van der Waals surface area contributed by atoms with Gasteiger partial charge in [0, 0.05) is 32.1 Å². The van der Waals surface area contributed by atoms with E-state index < -0.39 is 0 Å². The van der Waals surface area contributed by atoms with E-state index in [1.807, 2.05) is 9.80 Å². The monoisotopic (exact) mass is 312 g/mol. The highest BCUT2D eigenvalue weighted by Gasteiger charge is 2.35. The van der Waals surface area contributed by atoms with E-state index in [-0.39, 0.29) is 17.5 Å². The maximum Gasteiger partial charge on any atom is 0.266 e. The number of anilines is 1. The lowest BCUT2D eigenvalue weighted by atomic mass is 10.2. The highest BCUT2D eigenvalue weighted by atomic mass is 16.4. The molecule has 7 nitrogen and oxygen atoms in total. The van der Waals surface area contributed by atoms with Crippen molar-refractivity contribution in [3.63, 3.8) is 0 Å². The van der Waals surface area contributed by atoms with Crippen molar-refractivity contribution in [2.45, 2.75) is 12.8 Å². The van der Waals surface area contributed by atoms with Gasteiger partial charge in [-0.15, -0.1) is 0 Å². The average Bonchev–Trinajstić information content (AvgIpc) is 3.12. The zero-order valence-corrected chi connectivity index (χ0v) is 12.6. The molecule has 2 aromatic rings. The minimum absolute atomic E-state index is 0.243. The third-order valence-corrected chi connectivity index (χ3v) is 4.25. The zero-order valence-electron chi connectivity index (χ0n) is 12.6. The van der Waals surface area contributed by atoms with Gasteiger partial charge >= 0.3 is 0 Å². The Morgan fingerprint density at radius 1 is 1.30 bits per heavy atom. The molecular formula is C16H16N4O3. The van der Waals surface area contributed by atoms with E-state index in [0.717, 1.165) is 12.8 Å². The fraction of sp³-hybridized carbons (Fsp3) is 0.438. The van der Waals surface area contributed by atoms with E-state index in [4.69, 9.17) is 8.83 Å². The Labute approximate surface area is 133 Å². The third kappa shape index (κ3) is 2.57. The van der Waals surface area contributed by atoms with Crippen LogP contribution in [0, 0.1) is 17.2 Å². The van der Waals surface area contributed by atoms with Gasteiger partial charge in [-0.1, -0.05) is 0 Å². The van der Waals surface area contributed by atoms with Crippen molar-refractivity contribution in [1.82, 2.24) is 9.88 Å². The van der Waals surface area contributed by atoms with Crippen molar-refractivity contribution in [1.29, 1.82) is 5.26 Å². The maximum atomic E-state index is 12.1. The van der Waals surface area contributed by atoms with Crippen LogP contribution >= 0.6 is 0 Å². The molecule has 1 saturated heterocycles. The number of rotatable bonds is 3. The number of oxazole rings is 1. The molecule has 0 radical (unpaired) electrons. The van der Waals surface area contributed by atoms with E-state index in [2.05, 4.69) is 11.1 Å². The number of nitriles is 1. The number of carbonyl (C=O) groups excluding carboxylic acids is 1. The Bertz CT molecular complexity index is 747. The zero-order chi connectivity index (χ0) is 15.8. The number of aromatic nitrogens is 1. The summed E-state index contributed by atoms with van der Waals surface area (Å²) in [5, 5.41) is 9.29. The van der Waals surface area contributed by atoms with Crippen LogP contribution in [0.3, 0.4) is 0 Å². The SMILES string of the molecule is N#Cc1nc(-c2ccco2)oc1N1CCN(C(=O)C2CC2)CC1. The molecule has 23 heavy (non-hydrogen) atoms. The van der Waals surface area contributed by atoms with Crippen molar-refractivity contribution in [3.05, 3.63) is 24.1 Å². The summed E-state index contributed by atoms with van der Waals surface area (Å²) in [4.78, 5) is 20.2. The molecular weight excluding hydrogens is 296 g/mol. The standard InChI is InChI=1S/C16H16N4O3/c17-10-12-16(23-14(18-12)13-2-1-9-22-13)20-7-5-19(6-8-20)15(21)11-3-4-11/h1-2,9,11H,3-8H2. The molecule has 0 atom stereocenters.